The van der Waals surface area contributed by atoms with E-state index < -0.39 is 6.04 Å². The Morgan fingerprint density at radius 1 is 1.33 bits per heavy atom. The third kappa shape index (κ3) is 5.27. The molecule has 1 amide bonds. The van der Waals surface area contributed by atoms with E-state index in [0.717, 1.165) is 5.56 Å². The summed E-state index contributed by atoms with van der Waals surface area (Å²) in [5.74, 6) is -0.191. The molecule has 18 heavy (non-hydrogen) atoms. The van der Waals surface area contributed by atoms with Gasteiger partial charge in [-0.2, -0.15) is 0 Å². The maximum absolute atomic E-state index is 11.7. The van der Waals surface area contributed by atoms with Crippen LogP contribution in [0.4, 0.5) is 0 Å². The van der Waals surface area contributed by atoms with Gasteiger partial charge in [0.15, 0.2) is 0 Å². The van der Waals surface area contributed by atoms with Crippen LogP contribution in [0.1, 0.15) is 18.0 Å². The van der Waals surface area contributed by atoms with E-state index in [2.05, 4.69) is 5.32 Å². The van der Waals surface area contributed by atoms with Gasteiger partial charge in [0.2, 0.25) is 5.91 Å². The van der Waals surface area contributed by atoms with E-state index in [0.29, 0.717) is 26.2 Å². The number of aliphatic hydroxyl groups is 1. The number of carbonyl (C=O) groups is 1. The Morgan fingerprint density at radius 2 is 2.06 bits per heavy atom. The van der Waals surface area contributed by atoms with Crippen LogP contribution in [0, 0.1) is 0 Å². The smallest absolute Gasteiger partial charge is 0.241 e. The average Bonchev–Trinajstić information content (AvgIpc) is 2.42. The molecule has 0 bridgehead atoms. The summed E-state index contributed by atoms with van der Waals surface area (Å²) in [6.45, 7) is 1.38. The van der Waals surface area contributed by atoms with Gasteiger partial charge in [0.1, 0.15) is 6.04 Å². The Balaban J connectivity index is 2.20. The molecule has 0 aliphatic heterocycles. The summed E-state index contributed by atoms with van der Waals surface area (Å²) in [7, 11) is 0. The fourth-order valence-corrected chi connectivity index (χ4v) is 1.47. The minimum absolute atomic E-state index is 0.0191. The molecule has 0 radical (unpaired) electrons. The molecule has 0 saturated heterocycles. The van der Waals surface area contributed by atoms with Crippen LogP contribution in [-0.4, -0.2) is 37.4 Å². The summed E-state index contributed by atoms with van der Waals surface area (Å²) in [6, 6.07) is 8.61. The third-order valence-corrected chi connectivity index (χ3v) is 2.44. The zero-order chi connectivity index (χ0) is 13.2. The second-order valence-corrected chi connectivity index (χ2v) is 3.87. The molecular weight excluding hydrogens is 232 g/mol. The SMILES string of the molecule is NC(C(=O)NCCCOCCO)c1ccccc1. The molecule has 1 rings (SSSR count). The van der Waals surface area contributed by atoms with E-state index in [1.807, 2.05) is 30.3 Å². The lowest BCUT2D eigenvalue weighted by atomic mass is 10.1. The van der Waals surface area contributed by atoms with Crippen molar-refractivity contribution < 1.29 is 14.6 Å². The number of amides is 1. The first-order valence-corrected chi connectivity index (χ1v) is 6.02. The van der Waals surface area contributed by atoms with Crippen molar-refractivity contribution in [3.8, 4) is 0 Å². The second kappa shape index (κ2) is 8.63. The van der Waals surface area contributed by atoms with Gasteiger partial charge in [-0.25, -0.2) is 0 Å². The highest BCUT2D eigenvalue weighted by Gasteiger charge is 2.14. The van der Waals surface area contributed by atoms with E-state index in [9.17, 15) is 4.79 Å². The van der Waals surface area contributed by atoms with Crippen LogP contribution in [0.5, 0.6) is 0 Å². The molecule has 1 aromatic rings. The van der Waals surface area contributed by atoms with Crippen molar-refractivity contribution in [2.75, 3.05) is 26.4 Å². The quantitative estimate of drug-likeness (QED) is 0.577. The molecule has 5 nitrogen and oxygen atoms in total. The van der Waals surface area contributed by atoms with Crippen molar-refractivity contribution in [3.05, 3.63) is 35.9 Å². The lowest BCUT2D eigenvalue weighted by Gasteiger charge is -2.12. The zero-order valence-electron chi connectivity index (χ0n) is 10.3. The number of rotatable bonds is 8. The van der Waals surface area contributed by atoms with E-state index in [4.69, 9.17) is 15.6 Å². The maximum atomic E-state index is 11.7. The minimum atomic E-state index is -0.635. The molecule has 0 aromatic heterocycles. The molecule has 0 heterocycles. The van der Waals surface area contributed by atoms with Crippen LogP contribution in [0.15, 0.2) is 30.3 Å². The van der Waals surface area contributed by atoms with E-state index in [1.165, 1.54) is 0 Å². The summed E-state index contributed by atoms with van der Waals surface area (Å²) < 4.78 is 5.08. The van der Waals surface area contributed by atoms with Gasteiger partial charge >= 0.3 is 0 Å². The van der Waals surface area contributed by atoms with Crippen molar-refractivity contribution in [3.63, 3.8) is 0 Å². The molecule has 4 N–H and O–H groups in total. The normalized spacial score (nSPS) is 12.1. The van der Waals surface area contributed by atoms with E-state index in [-0.39, 0.29) is 12.5 Å². The Kier molecular flexibility index (Phi) is 7.01. The van der Waals surface area contributed by atoms with E-state index in [1.54, 1.807) is 0 Å². The standard InChI is InChI=1S/C13H20N2O3/c14-12(11-5-2-1-3-6-11)13(17)15-7-4-9-18-10-8-16/h1-3,5-6,12,16H,4,7-10,14H2,(H,15,17). The average molecular weight is 252 g/mol. The molecule has 0 spiro atoms. The van der Waals surface area contributed by atoms with Crippen LogP contribution in [0.3, 0.4) is 0 Å². The largest absolute Gasteiger partial charge is 0.394 e. The predicted molar refractivity (Wildman–Crippen MR) is 68.9 cm³/mol. The topological polar surface area (TPSA) is 84.6 Å². The summed E-state index contributed by atoms with van der Waals surface area (Å²) in [6.07, 6.45) is 0.702. The molecule has 5 heteroatoms. The van der Waals surface area contributed by atoms with Gasteiger partial charge in [-0.1, -0.05) is 30.3 Å². The highest BCUT2D eigenvalue weighted by molar-refractivity contribution is 5.82. The van der Waals surface area contributed by atoms with Gasteiger partial charge in [-0.05, 0) is 12.0 Å². The summed E-state index contributed by atoms with van der Waals surface area (Å²) in [5, 5.41) is 11.2. The van der Waals surface area contributed by atoms with Crippen LogP contribution >= 0.6 is 0 Å². The Labute approximate surface area is 107 Å². The number of benzene rings is 1. The summed E-state index contributed by atoms with van der Waals surface area (Å²) >= 11 is 0. The molecule has 0 fully saturated rings. The highest BCUT2D eigenvalue weighted by Crippen LogP contribution is 2.08. The van der Waals surface area contributed by atoms with Crippen molar-refractivity contribution in [2.24, 2.45) is 5.73 Å². The molecule has 1 aromatic carbocycles. The van der Waals surface area contributed by atoms with E-state index >= 15 is 0 Å². The summed E-state index contributed by atoms with van der Waals surface area (Å²) in [4.78, 5) is 11.7. The van der Waals surface area contributed by atoms with Gasteiger partial charge in [-0.3, -0.25) is 4.79 Å². The lowest BCUT2D eigenvalue weighted by Crippen LogP contribution is -2.34. The Bertz CT molecular complexity index is 343. The van der Waals surface area contributed by atoms with Gasteiger partial charge in [-0.15, -0.1) is 0 Å². The number of hydrogen-bond acceptors (Lipinski definition) is 4. The fourth-order valence-electron chi connectivity index (χ4n) is 1.47. The third-order valence-electron chi connectivity index (χ3n) is 2.44. The van der Waals surface area contributed by atoms with Gasteiger partial charge in [0, 0.05) is 13.2 Å². The number of nitrogens with two attached hydrogens (primary N) is 1. The number of carbonyl (C=O) groups excluding carboxylic acids is 1. The Morgan fingerprint density at radius 3 is 2.72 bits per heavy atom. The molecule has 0 aliphatic carbocycles. The van der Waals surface area contributed by atoms with Gasteiger partial charge in [0.05, 0.1) is 13.2 Å². The molecule has 0 aliphatic rings. The first-order valence-electron chi connectivity index (χ1n) is 6.02. The highest BCUT2D eigenvalue weighted by atomic mass is 16.5. The first kappa shape index (κ1) is 14.6. The number of nitrogens with one attached hydrogen (secondary N) is 1. The molecule has 1 atom stereocenters. The maximum Gasteiger partial charge on any atom is 0.241 e. The number of aliphatic hydroxyl groups excluding tert-OH is 1. The molecule has 100 valence electrons. The van der Waals surface area contributed by atoms with Crippen LogP contribution < -0.4 is 11.1 Å². The predicted octanol–water partition coefficient (Wildman–Crippen LogP) is 0.202. The van der Waals surface area contributed by atoms with Crippen molar-refractivity contribution in [2.45, 2.75) is 12.5 Å². The van der Waals surface area contributed by atoms with Crippen molar-refractivity contribution in [1.29, 1.82) is 0 Å². The van der Waals surface area contributed by atoms with Gasteiger partial charge < -0.3 is 20.9 Å². The minimum Gasteiger partial charge on any atom is -0.394 e. The monoisotopic (exact) mass is 252 g/mol. The van der Waals surface area contributed by atoms with Crippen LogP contribution in [-0.2, 0) is 9.53 Å². The molecule has 1 unspecified atom stereocenters. The zero-order valence-corrected chi connectivity index (χ0v) is 10.3. The van der Waals surface area contributed by atoms with Crippen molar-refractivity contribution in [1.82, 2.24) is 5.32 Å². The molecule has 0 saturated carbocycles. The number of hydrogen-bond donors (Lipinski definition) is 3. The molecular formula is C13H20N2O3. The lowest BCUT2D eigenvalue weighted by molar-refractivity contribution is -0.122. The first-order chi connectivity index (χ1) is 8.75. The second-order valence-electron chi connectivity index (χ2n) is 3.87. The summed E-state index contributed by atoms with van der Waals surface area (Å²) in [5.41, 5.74) is 6.62. The van der Waals surface area contributed by atoms with Crippen LogP contribution in [0.25, 0.3) is 0 Å². The van der Waals surface area contributed by atoms with Crippen molar-refractivity contribution >= 4 is 5.91 Å². The van der Waals surface area contributed by atoms with Crippen LogP contribution in [0.2, 0.25) is 0 Å². The Hall–Kier alpha value is -1.43. The van der Waals surface area contributed by atoms with Gasteiger partial charge in [0.25, 0.3) is 0 Å². The number of ether oxygens (including phenoxy) is 1. The fraction of sp³-hybridized carbons (Fsp3) is 0.462.